The Balaban J connectivity index is 0.00000576. The Morgan fingerprint density at radius 1 is 0.760 bits per heavy atom. The molecule has 1 aromatic rings. The van der Waals surface area contributed by atoms with Gasteiger partial charge in [-0.1, -0.05) is 116 Å². The first kappa shape index (κ1) is 24.5. The SMILES string of the molecule is CCCCCCCCCCCCCC(C)(C)c1ccccc1CCl.N. The molecule has 0 radical (unpaired) electrons. The lowest BCUT2D eigenvalue weighted by atomic mass is 9.78. The van der Waals surface area contributed by atoms with Crippen LogP contribution in [0.1, 0.15) is 109 Å². The van der Waals surface area contributed by atoms with Gasteiger partial charge in [-0.2, -0.15) is 0 Å². The van der Waals surface area contributed by atoms with E-state index in [0.717, 1.165) is 0 Å². The maximum absolute atomic E-state index is 6.11. The normalized spacial score (nSPS) is 11.4. The molecule has 25 heavy (non-hydrogen) atoms. The summed E-state index contributed by atoms with van der Waals surface area (Å²) in [6.45, 7) is 7.03. The Labute approximate surface area is 162 Å². The van der Waals surface area contributed by atoms with E-state index in [1.807, 2.05) is 0 Å². The first-order valence-corrected chi connectivity index (χ1v) is 10.8. The van der Waals surface area contributed by atoms with Crippen molar-refractivity contribution in [2.45, 2.75) is 109 Å². The molecule has 0 amide bonds. The highest BCUT2D eigenvalue weighted by Crippen LogP contribution is 2.32. The predicted molar refractivity (Wildman–Crippen MR) is 115 cm³/mol. The van der Waals surface area contributed by atoms with E-state index in [2.05, 4.69) is 45.0 Å². The maximum Gasteiger partial charge on any atom is 0.0477 e. The molecule has 3 N–H and O–H groups in total. The van der Waals surface area contributed by atoms with Crippen molar-refractivity contribution in [3.8, 4) is 0 Å². The highest BCUT2D eigenvalue weighted by molar-refractivity contribution is 6.17. The summed E-state index contributed by atoms with van der Waals surface area (Å²) in [6.07, 6.45) is 16.8. The third-order valence-electron chi connectivity index (χ3n) is 5.30. The smallest absolute Gasteiger partial charge is 0.0477 e. The quantitative estimate of drug-likeness (QED) is 0.259. The Bertz CT molecular complexity index is 428. The van der Waals surface area contributed by atoms with Crippen molar-refractivity contribution in [3.05, 3.63) is 35.4 Å². The Morgan fingerprint density at radius 2 is 1.24 bits per heavy atom. The second-order valence-corrected chi connectivity index (χ2v) is 8.23. The molecule has 0 saturated carbocycles. The van der Waals surface area contributed by atoms with Crippen LogP contribution >= 0.6 is 11.6 Å². The van der Waals surface area contributed by atoms with Gasteiger partial charge in [-0.05, 0) is 23.0 Å². The zero-order valence-corrected chi connectivity index (χ0v) is 17.8. The van der Waals surface area contributed by atoms with Crippen molar-refractivity contribution in [2.24, 2.45) is 0 Å². The summed E-state index contributed by atoms with van der Waals surface area (Å²) in [6, 6.07) is 8.67. The molecular formula is C23H42ClN. The molecule has 0 atom stereocenters. The van der Waals surface area contributed by atoms with E-state index in [9.17, 15) is 0 Å². The van der Waals surface area contributed by atoms with Crippen molar-refractivity contribution in [1.82, 2.24) is 6.15 Å². The standard InChI is InChI=1S/C23H39Cl.H3N/c1-4-5-6-7-8-9-10-11-12-13-16-19-23(2,3)22-18-15-14-17-21(22)20-24;/h14-15,17-18H,4-13,16,19-20H2,1-3H3;1H3. The van der Waals surface area contributed by atoms with Gasteiger partial charge < -0.3 is 6.15 Å². The maximum atomic E-state index is 6.11. The number of hydrogen-bond donors (Lipinski definition) is 1. The minimum Gasteiger partial charge on any atom is -0.344 e. The second kappa shape index (κ2) is 14.6. The molecule has 1 rings (SSSR count). The zero-order chi connectivity index (χ0) is 17.7. The highest BCUT2D eigenvalue weighted by atomic mass is 35.5. The summed E-state index contributed by atoms with van der Waals surface area (Å²) in [5.41, 5.74) is 2.98. The summed E-state index contributed by atoms with van der Waals surface area (Å²) in [5.74, 6) is 0.623. The molecule has 0 aliphatic carbocycles. The van der Waals surface area contributed by atoms with Gasteiger partial charge in [0.2, 0.25) is 0 Å². The van der Waals surface area contributed by atoms with E-state index in [4.69, 9.17) is 11.6 Å². The third kappa shape index (κ3) is 10.3. The average Bonchev–Trinajstić information content (AvgIpc) is 2.59. The molecule has 0 aliphatic rings. The lowest BCUT2D eigenvalue weighted by molar-refractivity contribution is 0.439. The van der Waals surface area contributed by atoms with Gasteiger partial charge in [0.25, 0.3) is 0 Å². The molecule has 0 unspecified atom stereocenters. The minimum absolute atomic E-state index is 0. The number of halogens is 1. The van der Waals surface area contributed by atoms with Crippen LogP contribution in [0.4, 0.5) is 0 Å². The molecule has 0 heterocycles. The lowest BCUT2D eigenvalue weighted by Gasteiger charge is -2.27. The number of alkyl halides is 1. The fraction of sp³-hybridized carbons (Fsp3) is 0.739. The van der Waals surface area contributed by atoms with Crippen LogP contribution in [0, 0.1) is 0 Å². The first-order chi connectivity index (χ1) is 11.6. The van der Waals surface area contributed by atoms with E-state index in [1.165, 1.54) is 88.2 Å². The summed E-state index contributed by atoms with van der Waals surface area (Å²) >= 11 is 6.11. The topological polar surface area (TPSA) is 35.0 Å². The second-order valence-electron chi connectivity index (χ2n) is 7.96. The van der Waals surface area contributed by atoms with Crippen LogP contribution in [0.3, 0.4) is 0 Å². The first-order valence-electron chi connectivity index (χ1n) is 10.3. The van der Waals surface area contributed by atoms with Gasteiger partial charge in [0.1, 0.15) is 0 Å². The van der Waals surface area contributed by atoms with Crippen molar-refractivity contribution >= 4 is 11.6 Å². The van der Waals surface area contributed by atoms with Gasteiger partial charge in [0.15, 0.2) is 0 Å². The predicted octanol–water partition coefficient (Wildman–Crippen LogP) is 8.57. The molecule has 0 fully saturated rings. The summed E-state index contributed by atoms with van der Waals surface area (Å²) in [4.78, 5) is 0. The van der Waals surface area contributed by atoms with Gasteiger partial charge in [-0.25, -0.2) is 0 Å². The van der Waals surface area contributed by atoms with Gasteiger partial charge in [-0.3, -0.25) is 0 Å². The monoisotopic (exact) mass is 367 g/mol. The number of unbranched alkanes of at least 4 members (excludes halogenated alkanes) is 10. The van der Waals surface area contributed by atoms with Crippen molar-refractivity contribution in [1.29, 1.82) is 0 Å². The van der Waals surface area contributed by atoms with Crippen LogP contribution < -0.4 is 6.15 Å². The molecular weight excluding hydrogens is 326 g/mol. The van der Waals surface area contributed by atoms with Crippen molar-refractivity contribution in [2.75, 3.05) is 0 Å². The van der Waals surface area contributed by atoms with Gasteiger partial charge in [0.05, 0.1) is 0 Å². The number of rotatable bonds is 14. The van der Waals surface area contributed by atoms with E-state index in [0.29, 0.717) is 5.88 Å². The van der Waals surface area contributed by atoms with Crippen LogP contribution in [-0.2, 0) is 11.3 Å². The van der Waals surface area contributed by atoms with E-state index < -0.39 is 0 Å². The Kier molecular flexibility index (Phi) is 14.3. The van der Waals surface area contributed by atoms with Crippen LogP contribution in [0.5, 0.6) is 0 Å². The molecule has 146 valence electrons. The zero-order valence-electron chi connectivity index (χ0n) is 17.1. The van der Waals surface area contributed by atoms with Crippen LogP contribution in [-0.4, -0.2) is 0 Å². The molecule has 0 aromatic heterocycles. The Morgan fingerprint density at radius 3 is 1.76 bits per heavy atom. The molecule has 0 spiro atoms. The summed E-state index contributed by atoms with van der Waals surface area (Å²) in [5, 5.41) is 0. The minimum atomic E-state index is 0. The lowest BCUT2D eigenvalue weighted by Crippen LogP contribution is -2.19. The van der Waals surface area contributed by atoms with Crippen LogP contribution in [0.2, 0.25) is 0 Å². The largest absolute Gasteiger partial charge is 0.344 e. The summed E-state index contributed by atoms with van der Waals surface area (Å²) < 4.78 is 0. The number of benzene rings is 1. The molecule has 2 heteroatoms. The number of hydrogen-bond acceptors (Lipinski definition) is 1. The highest BCUT2D eigenvalue weighted by Gasteiger charge is 2.22. The average molecular weight is 368 g/mol. The molecule has 0 aliphatic heterocycles. The van der Waals surface area contributed by atoms with Crippen molar-refractivity contribution < 1.29 is 0 Å². The van der Waals surface area contributed by atoms with E-state index >= 15 is 0 Å². The molecule has 1 nitrogen and oxygen atoms in total. The van der Waals surface area contributed by atoms with E-state index in [1.54, 1.807) is 0 Å². The van der Waals surface area contributed by atoms with E-state index in [-0.39, 0.29) is 11.6 Å². The Hall–Kier alpha value is -0.530. The van der Waals surface area contributed by atoms with Gasteiger partial charge in [0, 0.05) is 5.88 Å². The van der Waals surface area contributed by atoms with Crippen LogP contribution in [0.25, 0.3) is 0 Å². The van der Waals surface area contributed by atoms with Crippen LogP contribution in [0.15, 0.2) is 24.3 Å². The van der Waals surface area contributed by atoms with Gasteiger partial charge >= 0.3 is 0 Å². The van der Waals surface area contributed by atoms with Crippen molar-refractivity contribution in [3.63, 3.8) is 0 Å². The van der Waals surface area contributed by atoms with Gasteiger partial charge in [-0.15, -0.1) is 11.6 Å². The molecule has 1 aromatic carbocycles. The molecule has 0 bridgehead atoms. The fourth-order valence-electron chi connectivity index (χ4n) is 3.66. The fourth-order valence-corrected chi connectivity index (χ4v) is 3.90. The summed E-state index contributed by atoms with van der Waals surface area (Å²) in [7, 11) is 0. The third-order valence-corrected chi connectivity index (χ3v) is 5.58. The molecule has 0 saturated heterocycles.